The molecule has 4 aliphatic rings. The Balaban J connectivity index is 1.49. The van der Waals surface area contributed by atoms with Crippen LogP contribution in [0.25, 0.3) is 0 Å². The van der Waals surface area contributed by atoms with Crippen LogP contribution < -0.4 is 10.5 Å². The van der Waals surface area contributed by atoms with Crippen molar-refractivity contribution in [3.05, 3.63) is 51.6 Å². The zero-order valence-electron chi connectivity index (χ0n) is 25.1. The SMILES string of the molecule is COc1cccc2c1C(=O)c1c(O)c3c(c(O)c1C2=O)CC(O)(/C(C)=N/N1CCCCC1)CC3OC1CC(N)C(O)C(C)O1. The third-order valence-corrected chi connectivity index (χ3v) is 9.44. The van der Waals surface area contributed by atoms with E-state index in [9.17, 15) is 30.0 Å². The summed E-state index contributed by atoms with van der Waals surface area (Å²) >= 11 is 0. The van der Waals surface area contributed by atoms with Gasteiger partial charge in [0.1, 0.15) is 22.8 Å². The summed E-state index contributed by atoms with van der Waals surface area (Å²) < 4.78 is 17.6. The number of methoxy groups -OCH3 is 1. The molecule has 2 aromatic rings. The normalized spacial score (nSPS) is 30.5. The minimum atomic E-state index is -1.64. The van der Waals surface area contributed by atoms with E-state index in [2.05, 4.69) is 0 Å². The second kappa shape index (κ2) is 11.4. The number of ketones is 2. The van der Waals surface area contributed by atoms with E-state index in [1.807, 2.05) is 5.01 Å². The maximum Gasteiger partial charge on any atom is 0.202 e. The molecule has 236 valence electrons. The molecule has 2 aliphatic heterocycles. The second-order valence-electron chi connectivity index (χ2n) is 12.3. The van der Waals surface area contributed by atoms with Gasteiger partial charge in [0.15, 0.2) is 12.1 Å². The molecule has 44 heavy (non-hydrogen) atoms. The summed E-state index contributed by atoms with van der Waals surface area (Å²) in [6.07, 6.45) is -0.688. The highest BCUT2D eigenvalue weighted by Gasteiger charge is 2.49. The van der Waals surface area contributed by atoms with Gasteiger partial charge in [-0.05, 0) is 39.2 Å². The quantitative estimate of drug-likeness (QED) is 0.211. The Bertz CT molecular complexity index is 1520. The molecular weight excluding hydrogens is 570 g/mol. The zero-order valence-corrected chi connectivity index (χ0v) is 25.1. The first-order chi connectivity index (χ1) is 20.9. The highest BCUT2D eigenvalue weighted by atomic mass is 16.7. The Morgan fingerprint density at radius 1 is 1.09 bits per heavy atom. The lowest BCUT2D eigenvalue weighted by Gasteiger charge is -2.43. The smallest absolute Gasteiger partial charge is 0.202 e. The minimum absolute atomic E-state index is 0.0131. The number of phenolic OH excluding ortho intramolecular Hbond substituents is 2. The number of nitrogens with zero attached hydrogens (tertiary/aromatic N) is 2. The van der Waals surface area contributed by atoms with Gasteiger partial charge in [-0.3, -0.25) is 14.6 Å². The van der Waals surface area contributed by atoms with Crippen LogP contribution in [0.2, 0.25) is 0 Å². The van der Waals surface area contributed by atoms with Gasteiger partial charge in [-0.1, -0.05) is 12.1 Å². The van der Waals surface area contributed by atoms with E-state index >= 15 is 0 Å². The van der Waals surface area contributed by atoms with Crippen molar-refractivity contribution in [3.63, 3.8) is 0 Å². The number of hydrogen-bond donors (Lipinski definition) is 5. The summed E-state index contributed by atoms with van der Waals surface area (Å²) in [6.45, 7) is 4.86. The van der Waals surface area contributed by atoms with Crippen molar-refractivity contribution < 1.29 is 44.2 Å². The van der Waals surface area contributed by atoms with Crippen LogP contribution in [-0.2, 0) is 15.9 Å². The number of carbonyl (C=O) groups is 2. The van der Waals surface area contributed by atoms with Crippen LogP contribution in [0.5, 0.6) is 17.2 Å². The van der Waals surface area contributed by atoms with Gasteiger partial charge in [0.25, 0.3) is 0 Å². The van der Waals surface area contributed by atoms with Crippen molar-refractivity contribution >= 4 is 17.3 Å². The van der Waals surface area contributed by atoms with Gasteiger partial charge in [-0.25, -0.2) is 0 Å². The minimum Gasteiger partial charge on any atom is -0.507 e. The average Bonchev–Trinajstić information content (AvgIpc) is 3.00. The fraction of sp³-hybridized carbons (Fsp3) is 0.531. The zero-order chi connectivity index (χ0) is 31.5. The van der Waals surface area contributed by atoms with E-state index in [0.29, 0.717) is 5.71 Å². The molecule has 6 atom stereocenters. The fourth-order valence-electron chi connectivity index (χ4n) is 6.95. The standard InChI is InChI=1S/C32H39N3O9/c1-15-27(36)19(33)12-22(43-15)44-21-14-32(41,16(2)34-35-10-5-4-6-11-35)13-18-24(21)31(40)26-25(29(18)38)28(37)17-8-7-9-20(42-3)23(17)30(26)39/h7-9,15,19,21-22,27,36,38,40-41H,4-6,10-14,33H2,1-3H3/b34-16+. The molecule has 0 radical (unpaired) electrons. The first kappa shape index (κ1) is 30.5. The molecule has 6 unspecified atom stereocenters. The number of phenols is 2. The van der Waals surface area contributed by atoms with E-state index in [4.69, 9.17) is 25.0 Å². The number of aromatic hydroxyl groups is 2. The Labute approximate surface area is 255 Å². The van der Waals surface area contributed by atoms with Gasteiger partial charge >= 0.3 is 0 Å². The molecule has 0 bridgehead atoms. The first-order valence-corrected chi connectivity index (χ1v) is 15.1. The van der Waals surface area contributed by atoms with Gasteiger partial charge in [-0.2, -0.15) is 5.10 Å². The highest BCUT2D eigenvalue weighted by molar-refractivity contribution is 6.31. The Morgan fingerprint density at radius 3 is 2.48 bits per heavy atom. The molecule has 2 aliphatic carbocycles. The monoisotopic (exact) mass is 609 g/mol. The van der Waals surface area contributed by atoms with Crippen molar-refractivity contribution in [2.75, 3.05) is 20.2 Å². The molecule has 12 nitrogen and oxygen atoms in total. The number of nitrogens with two attached hydrogens (primary N) is 1. The van der Waals surface area contributed by atoms with E-state index < -0.39 is 59.3 Å². The van der Waals surface area contributed by atoms with Gasteiger partial charge in [0, 0.05) is 55.1 Å². The molecule has 0 spiro atoms. The third kappa shape index (κ3) is 4.94. The Hall–Kier alpha value is -3.55. The van der Waals surface area contributed by atoms with Crippen molar-refractivity contribution in [1.29, 1.82) is 0 Å². The third-order valence-electron chi connectivity index (χ3n) is 9.44. The van der Waals surface area contributed by atoms with E-state index in [1.165, 1.54) is 13.2 Å². The van der Waals surface area contributed by atoms with Crippen LogP contribution in [-0.4, -0.2) is 93.1 Å². The number of piperidine rings is 1. The largest absolute Gasteiger partial charge is 0.507 e. The van der Waals surface area contributed by atoms with E-state index in [1.54, 1.807) is 26.0 Å². The second-order valence-corrected chi connectivity index (χ2v) is 12.3. The van der Waals surface area contributed by atoms with Crippen LogP contribution in [0.15, 0.2) is 23.3 Å². The summed E-state index contributed by atoms with van der Waals surface area (Å²) in [5.74, 6) is -2.21. The van der Waals surface area contributed by atoms with Crippen molar-refractivity contribution in [2.45, 2.75) is 88.6 Å². The van der Waals surface area contributed by atoms with E-state index in [0.717, 1.165) is 32.4 Å². The van der Waals surface area contributed by atoms with E-state index in [-0.39, 0.29) is 58.4 Å². The van der Waals surface area contributed by atoms with Crippen LogP contribution in [0.1, 0.15) is 95.0 Å². The molecule has 2 aromatic carbocycles. The highest BCUT2D eigenvalue weighted by Crippen LogP contribution is 2.52. The van der Waals surface area contributed by atoms with Crippen LogP contribution >= 0.6 is 0 Å². The van der Waals surface area contributed by atoms with Crippen LogP contribution in [0.3, 0.4) is 0 Å². The summed E-state index contributed by atoms with van der Waals surface area (Å²) in [5.41, 5.74) is 4.38. The predicted octanol–water partition coefficient (Wildman–Crippen LogP) is 2.30. The number of aliphatic hydroxyl groups is 2. The topological polar surface area (TPSA) is 184 Å². The number of benzene rings is 2. The molecule has 2 heterocycles. The van der Waals surface area contributed by atoms with Gasteiger partial charge in [0.2, 0.25) is 5.78 Å². The Kier molecular flexibility index (Phi) is 7.91. The molecule has 0 saturated carbocycles. The number of hydrazone groups is 1. The average molecular weight is 610 g/mol. The van der Waals surface area contributed by atoms with Crippen molar-refractivity contribution in [1.82, 2.24) is 5.01 Å². The van der Waals surface area contributed by atoms with Gasteiger partial charge in [-0.15, -0.1) is 0 Å². The van der Waals surface area contributed by atoms with Gasteiger partial charge in [0.05, 0.1) is 47.8 Å². The summed E-state index contributed by atoms with van der Waals surface area (Å²) in [6, 6.07) is 3.93. The molecular formula is C32H39N3O9. The predicted molar refractivity (Wildman–Crippen MR) is 158 cm³/mol. The maximum atomic E-state index is 13.9. The van der Waals surface area contributed by atoms with Crippen molar-refractivity contribution in [2.24, 2.45) is 10.8 Å². The lowest BCUT2D eigenvalue weighted by atomic mass is 9.71. The maximum absolute atomic E-state index is 13.9. The Morgan fingerprint density at radius 2 is 1.80 bits per heavy atom. The van der Waals surface area contributed by atoms with Gasteiger partial charge < -0.3 is 40.4 Å². The number of rotatable bonds is 5. The molecule has 6 N–H and O–H groups in total. The molecule has 6 rings (SSSR count). The number of aliphatic hydroxyl groups excluding tert-OH is 1. The number of hydrogen-bond acceptors (Lipinski definition) is 12. The number of carbonyl (C=O) groups excluding carboxylic acids is 2. The molecule has 2 saturated heterocycles. The molecule has 12 heteroatoms. The number of fused-ring (bicyclic) bond motifs is 3. The summed E-state index contributed by atoms with van der Waals surface area (Å²) in [4.78, 5) is 27.7. The fourth-order valence-corrected chi connectivity index (χ4v) is 6.95. The lowest BCUT2D eigenvalue weighted by Crippen LogP contribution is -2.52. The molecule has 2 fully saturated rings. The van der Waals surface area contributed by atoms with Crippen molar-refractivity contribution in [3.8, 4) is 17.2 Å². The molecule has 0 amide bonds. The first-order valence-electron chi connectivity index (χ1n) is 15.1. The molecule has 0 aromatic heterocycles. The summed E-state index contributed by atoms with van der Waals surface area (Å²) in [7, 11) is 1.37. The summed E-state index contributed by atoms with van der Waals surface area (Å²) in [5, 5.41) is 52.5. The van der Waals surface area contributed by atoms with Crippen LogP contribution in [0, 0.1) is 0 Å². The van der Waals surface area contributed by atoms with Crippen LogP contribution in [0.4, 0.5) is 0 Å². The number of ether oxygens (including phenoxy) is 3. The lowest BCUT2D eigenvalue weighted by molar-refractivity contribution is -0.245.